The van der Waals surface area contributed by atoms with Crippen molar-refractivity contribution in [3.8, 4) is 17.2 Å². The summed E-state index contributed by atoms with van der Waals surface area (Å²) < 4.78 is 41.8. The Morgan fingerprint density at radius 1 is 0.783 bits per heavy atom. The molecule has 46 heavy (non-hydrogen) atoms. The van der Waals surface area contributed by atoms with Gasteiger partial charge in [-0.25, -0.2) is 4.57 Å². The minimum atomic E-state index is -4.43. The van der Waals surface area contributed by atoms with Gasteiger partial charge in [0.15, 0.2) is 0 Å². The van der Waals surface area contributed by atoms with Crippen LogP contribution >= 0.6 is 7.82 Å². The van der Waals surface area contributed by atoms with Crippen LogP contribution in [-0.4, -0.2) is 60.4 Å². The predicted molar refractivity (Wildman–Crippen MR) is 184 cm³/mol. The highest BCUT2D eigenvalue weighted by atomic mass is 31.2. The number of para-hydroxylation sites is 1. The Kier molecular flexibility index (Phi) is 17.4. The van der Waals surface area contributed by atoms with E-state index in [2.05, 4.69) is 23.6 Å². The lowest BCUT2D eigenvalue weighted by Gasteiger charge is -2.23. The molecule has 1 aliphatic heterocycles. The fourth-order valence-electron chi connectivity index (χ4n) is 5.34. The van der Waals surface area contributed by atoms with Crippen molar-refractivity contribution in [2.45, 2.75) is 105 Å². The van der Waals surface area contributed by atoms with Gasteiger partial charge in [0, 0.05) is 43.2 Å². The maximum Gasteiger partial charge on any atom is 0.527 e. The van der Waals surface area contributed by atoms with Crippen molar-refractivity contribution in [3.63, 3.8) is 0 Å². The highest BCUT2D eigenvalue weighted by molar-refractivity contribution is 7.47. The van der Waals surface area contributed by atoms with Crippen LogP contribution in [0.4, 0.5) is 0 Å². The maximum absolute atomic E-state index is 13.0. The Morgan fingerprint density at radius 2 is 1.41 bits per heavy atom. The van der Waals surface area contributed by atoms with E-state index in [0.717, 1.165) is 36.5 Å². The van der Waals surface area contributed by atoms with Gasteiger partial charge in [-0.2, -0.15) is 0 Å². The van der Waals surface area contributed by atoms with Gasteiger partial charge in [0.05, 0.1) is 19.9 Å². The number of hydrogen-bond acceptors (Lipinski definition) is 8. The number of hydrogen-bond donors (Lipinski definition) is 1. The van der Waals surface area contributed by atoms with Crippen molar-refractivity contribution < 1.29 is 32.7 Å². The van der Waals surface area contributed by atoms with Gasteiger partial charge in [-0.15, -0.1) is 0 Å². The fourth-order valence-corrected chi connectivity index (χ4v) is 6.17. The average molecular weight is 661 g/mol. The van der Waals surface area contributed by atoms with Crippen LogP contribution in [0, 0.1) is 6.92 Å². The zero-order valence-electron chi connectivity index (χ0n) is 28.5. The summed E-state index contributed by atoms with van der Waals surface area (Å²) >= 11 is 0. The maximum atomic E-state index is 13.0. The Bertz CT molecular complexity index is 1210. The molecule has 1 N–H and O–H groups in total. The molecule has 1 heterocycles. The molecule has 0 aromatic heterocycles. The first kappa shape index (κ1) is 37.7. The first-order valence-corrected chi connectivity index (χ1v) is 18.7. The third kappa shape index (κ3) is 14.0. The summed E-state index contributed by atoms with van der Waals surface area (Å²) in [6.07, 6.45) is 16.3. The number of phosphoric acid groups is 1. The smallest absolute Gasteiger partial charge is 0.493 e. The lowest BCUT2D eigenvalue weighted by molar-refractivity contribution is -0.00730. The molecule has 0 bridgehead atoms. The second kappa shape index (κ2) is 21.2. The van der Waals surface area contributed by atoms with Crippen LogP contribution in [0.1, 0.15) is 96.1 Å². The summed E-state index contributed by atoms with van der Waals surface area (Å²) in [7, 11) is -4.43. The van der Waals surface area contributed by atoms with Crippen molar-refractivity contribution >= 4 is 7.82 Å². The molecule has 9 nitrogen and oxygen atoms in total. The predicted octanol–water partition coefficient (Wildman–Crippen LogP) is 8.84. The topological polar surface area (TPSA) is 89.9 Å². The van der Waals surface area contributed by atoms with Gasteiger partial charge < -0.3 is 28.5 Å². The molecule has 0 amide bonds. The van der Waals surface area contributed by atoms with Crippen molar-refractivity contribution in [1.82, 2.24) is 9.80 Å². The van der Waals surface area contributed by atoms with Crippen molar-refractivity contribution in [3.05, 3.63) is 66.0 Å². The molecule has 0 spiro atoms. The van der Waals surface area contributed by atoms with Gasteiger partial charge in [-0.1, -0.05) is 89.0 Å². The molecule has 0 saturated heterocycles. The third-order valence-corrected chi connectivity index (χ3v) is 8.96. The molecule has 10 heteroatoms. The summed E-state index contributed by atoms with van der Waals surface area (Å²) in [5, 5.41) is 0. The van der Waals surface area contributed by atoms with Crippen molar-refractivity contribution in [2.24, 2.45) is 0 Å². The lowest BCUT2D eigenvalue weighted by Crippen LogP contribution is -2.27. The highest BCUT2D eigenvalue weighted by Gasteiger charge is 2.27. The first-order chi connectivity index (χ1) is 22.3. The summed E-state index contributed by atoms with van der Waals surface area (Å²) in [6.45, 7) is 11.4. The molecule has 1 aliphatic rings. The second-order valence-electron chi connectivity index (χ2n) is 11.9. The average Bonchev–Trinajstić information content (AvgIpc) is 3.51. The zero-order valence-corrected chi connectivity index (χ0v) is 29.4. The van der Waals surface area contributed by atoms with Crippen molar-refractivity contribution in [2.75, 3.05) is 39.6 Å². The van der Waals surface area contributed by atoms with E-state index in [1.165, 1.54) is 57.8 Å². The van der Waals surface area contributed by atoms with Gasteiger partial charge in [0.2, 0.25) is 0 Å². The van der Waals surface area contributed by atoms with Gasteiger partial charge in [-0.05, 0) is 45.4 Å². The van der Waals surface area contributed by atoms with Gasteiger partial charge in [0.25, 0.3) is 0 Å². The molecule has 258 valence electrons. The van der Waals surface area contributed by atoms with E-state index in [9.17, 15) is 9.46 Å². The molecule has 0 aliphatic carbocycles. The fraction of sp³-hybridized carbons (Fsp3) is 0.611. The quantitative estimate of drug-likeness (QED) is 0.0829. The molecular weight excluding hydrogens is 603 g/mol. The van der Waals surface area contributed by atoms with Crippen LogP contribution in [0.5, 0.6) is 17.2 Å². The molecule has 2 unspecified atom stereocenters. The van der Waals surface area contributed by atoms with E-state index in [1.807, 2.05) is 56.6 Å². The van der Waals surface area contributed by atoms with E-state index < -0.39 is 13.9 Å². The number of benzene rings is 2. The molecule has 0 saturated carbocycles. The molecule has 0 radical (unpaired) electrons. The van der Waals surface area contributed by atoms with E-state index in [4.69, 9.17) is 23.3 Å². The van der Waals surface area contributed by atoms with Crippen LogP contribution in [0.2, 0.25) is 0 Å². The monoisotopic (exact) mass is 660 g/mol. The zero-order chi connectivity index (χ0) is 33.0. The highest BCUT2D eigenvalue weighted by Crippen LogP contribution is 2.45. The van der Waals surface area contributed by atoms with Gasteiger partial charge in [-0.3, -0.25) is 9.42 Å². The van der Waals surface area contributed by atoms with Crippen LogP contribution < -0.4 is 14.0 Å². The van der Waals surface area contributed by atoms with Crippen LogP contribution in [0.25, 0.3) is 0 Å². The summed E-state index contributed by atoms with van der Waals surface area (Å²) in [4.78, 5) is 14.9. The lowest BCUT2D eigenvalue weighted by atomic mass is 10.1. The molecule has 2 atom stereocenters. The molecular formula is C36H57N2O7P. The van der Waals surface area contributed by atoms with Crippen LogP contribution in [0.3, 0.4) is 0 Å². The molecule has 3 rings (SSSR count). The number of unbranched alkanes of at least 4 members (excludes halogenated alkanes) is 9. The van der Waals surface area contributed by atoms with E-state index in [1.54, 1.807) is 12.1 Å². The Morgan fingerprint density at radius 3 is 2.09 bits per heavy atom. The minimum Gasteiger partial charge on any atom is -0.493 e. The van der Waals surface area contributed by atoms with E-state index in [-0.39, 0.29) is 13.2 Å². The molecule has 2 aromatic carbocycles. The second-order valence-corrected chi connectivity index (χ2v) is 13.2. The van der Waals surface area contributed by atoms with Gasteiger partial charge in [0.1, 0.15) is 30.0 Å². The number of phosphoric ester groups is 1. The van der Waals surface area contributed by atoms with E-state index >= 15 is 0 Å². The normalized spacial score (nSPS) is 14.8. The minimum absolute atomic E-state index is 0.141. The Labute approximate surface area is 277 Å². The first-order valence-electron chi connectivity index (χ1n) is 17.2. The number of ether oxygens (including phenoxy) is 3. The standard InChI is InChI=1S/C36H57N2O7P/c1-5-8-9-10-11-12-13-14-15-18-26-42-34-22-19-23-35(31(34)4)43-28-33(41-7-3)29-44-46(39,40)45-36-21-17-16-20-32(36)27-38-25-24-37(6-2)30-38/h16-17,19-25,33H,5-15,18,26-30H2,1-4H3,(H,39,40). The Hall–Kier alpha value is -2.71. The number of nitrogens with zero attached hydrogens (tertiary/aromatic N) is 2. The third-order valence-electron chi connectivity index (χ3n) is 8.06. The van der Waals surface area contributed by atoms with E-state index in [0.29, 0.717) is 31.3 Å². The SMILES string of the molecule is CCCCCCCCCCCCOc1cccc(OCC(COP(=O)(O)Oc2ccccc2CN2C=CN(CC)C2)OCC)c1C. The summed E-state index contributed by atoms with van der Waals surface area (Å²) in [5.74, 6) is 1.79. The van der Waals surface area contributed by atoms with Crippen LogP contribution in [0.15, 0.2) is 54.9 Å². The summed E-state index contributed by atoms with van der Waals surface area (Å²) in [5.41, 5.74) is 1.70. The number of rotatable bonds is 25. The largest absolute Gasteiger partial charge is 0.527 e. The van der Waals surface area contributed by atoms with Gasteiger partial charge >= 0.3 is 7.82 Å². The molecule has 2 aromatic rings. The summed E-state index contributed by atoms with van der Waals surface area (Å²) in [6, 6.07) is 13.0. The van der Waals surface area contributed by atoms with Crippen molar-refractivity contribution in [1.29, 1.82) is 0 Å². The molecule has 0 fully saturated rings. The Balaban J connectivity index is 1.42. The van der Waals surface area contributed by atoms with Crippen LogP contribution in [-0.2, 0) is 20.4 Å².